The molecule has 0 spiro atoms. The fraction of sp³-hybridized carbons (Fsp3) is 0.190. The Morgan fingerprint density at radius 3 is 2.81 bits per heavy atom. The van der Waals surface area contributed by atoms with Gasteiger partial charge in [0.25, 0.3) is 0 Å². The van der Waals surface area contributed by atoms with E-state index in [9.17, 15) is 4.39 Å². The van der Waals surface area contributed by atoms with Crippen molar-refractivity contribution in [2.75, 3.05) is 6.54 Å². The summed E-state index contributed by atoms with van der Waals surface area (Å²) in [6.07, 6.45) is 4.52. The summed E-state index contributed by atoms with van der Waals surface area (Å²) >= 11 is 0. The highest BCUT2D eigenvalue weighted by Gasteiger charge is 2.33. The van der Waals surface area contributed by atoms with Gasteiger partial charge in [0.1, 0.15) is 11.6 Å². The molecule has 1 aliphatic heterocycles. The number of nitrogens with one attached hydrogen (secondary N) is 2. The van der Waals surface area contributed by atoms with Crippen molar-refractivity contribution in [3.05, 3.63) is 89.4 Å². The molecule has 1 atom stereocenters. The number of aromatic amines is 2. The first-order chi connectivity index (χ1) is 12.8. The summed E-state index contributed by atoms with van der Waals surface area (Å²) in [7, 11) is 0. The van der Waals surface area contributed by atoms with Crippen LogP contribution >= 0.6 is 0 Å². The lowest BCUT2D eigenvalue weighted by molar-refractivity contribution is 0.194. The Balaban J connectivity index is 1.67. The monoisotopic (exact) mass is 346 g/mol. The molecule has 5 rings (SSSR count). The van der Waals surface area contributed by atoms with Gasteiger partial charge >= 0.3 is 0 Å². The van der Waals surface area contributed by atoms with Crippen molar-refractivity contribution in [1.29, 1.82) is 0 Å². The van der Waals surface area contributed by atoms with Crippen LogP contribution in [0.5, 0.6) is 0 Å². The summed E-state index contributed by atoms with van der Waals surface area (Å²) in [6.45, 7) is 1.51. The number of hydrogen-bond donors (Lipinski definition) is 2. The zero-order chi connectivity index (χ0) is 17.5. The third kappa shape index (κ3) is 2.44. The van der Waals surface area contributed by atoms with Crippen LogP contribution in [0.4, 0.5) is 4.39 Å². The number of aromatic nitrogens is 3. The average Bonchev–Trinajstić information content (AvgIpc) is 3.30. The smallest absolute Gasteiger partial charge is 0.128 e. The van der Waals surface area contributed by atoms with E-state index in [-0.39, 0.29) is 11.9 Å². The quantitative estimate of drug-likeness (QED) is 0.585. The molecule has 5 heteroatoms. The summed E-state index contributed by atoms with van der Waals surface area (Å²) in [4.78, 5) is 13.4. The number of nitrogens with zero attached hydrogens (tertiary/aromatic N) is 2. The van der Waals surface area contributed by atoms with Crippen LogP contribution < -0.4 is 0 Å². The van der Waals surface area contributed by atoms with Crippen LogP contribution in [0.3, 0.4) is 0 Å². The summed E-state index contributed by atoms with van der Waals surface area (Å²) in [5.74, 6) is 0.722. The molecule has 0 saturated carbocycles. The standard InChI is InChI=1S/C21H19FN4/c22-17-7-3-1-6-16(17)21-20-15(14-5-2-4-8-18(14)25-20)9-12-26(21)13-19-23-10-11-24-19/h1-8,10-11,21,25H,9,12-13H2,(H,23,24)/t21-/m0/s1. The molecule has 0 amide bonds. The summed E-state index contributed by atoms with van der Waals surface area (Å²) in [5.41, 5.74) is 4.20. The van der Waals surface area contributed by atoms with E-state index in [1.807, 2.05) is 24.4 Å². The van der Waals surface area contributed by atoms with Crippen molar-refractivity contribution in [3.63, 3.8) is 0 Å². The van der Waals surface area contributed by atoms with Crippen molar-refractivity contribution in [2.45, 2.75) is 19.0 Å². The van der Waals surface area contributed by atoms with Gasteiger partial charge in [-0.15, -0.1) is 0 Å². The highest BCUT2D eigenvalue weighted by molar-refractivity contribution is 5.85. The second-order valence-corrected chi connectivity index (χ2v) is 6.74. The number of rotatable bonds is 3. The zero-order valence-corrected chi connectivity index (χ0v) is 14.2. The van der Waals surface area contributed by atoms with Crippen LogP contribution in [0.15, 0.2) is 60.9 Å². The molecule has 0 aliphatic carbocycles. The molecular formula is C21H19FN4. The molecule has 26 heavy (non-hydrogen) atoms. The molecule has 1 aliphatic rings. The maximum absolute atomic E-state index is 14.7. The van der Waals surface area contributed by atoms with Crippen LogP contribution in [-0.2, 0) is 13.0 Å². The maximum atomic E-state index is 14.7. The minimum Gasteiger partial charge on any atom is -0.357 e. The minimum atomic E-state index is -0.173. The van der Waals surface area contributed by atoms with Crippen LogP contribution in [0.2, 0.25) is 0 Å². The number of para-hydroxylation sites is 1. The first-order valence-electron chi connectivity index (χ1n) is 8.87. The lowest BCUT2D eigenvalue weighted by Crippen LogP contribution is -2.36. The van der Waals surface area contributed by atoms with Gasteiger partial charge in [-0.1, -0.05) is 36.4 Å². The summed E-state index contributed by atoms with van der Waals surface area (Å²) < 4.78 is 14.7. The Bertz CT molecular complexity index is 1050. The number of benzene rings is 2. The van der Waals surface area contributed by atoms with Crippen LogP contribution in [0.25, 0.3) is 10.9 Å². The molecule has 2 N–H and O–H groups in total. The molecule has 0 bridgehead atoms. The van der Waals surface area contributed by atoms with Gasteiger partial charge in [0.05, 0.1) is 12.6 Å². The number of halogens is 1. The third-order valence-corrected chi connectivity index (χ3v) is 5.24. The van der Waals surface area contributed by atoms with Gasteiger partial charge in [-0.3, -0.25) is 4.90 Å². The van der Waals surface area contributed by atoms with Crippen LogP contribution in [-0.4, -0.2) is 26.4 Å². The van der Waals surface area contributed by atoms with E-state index < -0.39 is 0 Å². The van der Waals surface area contributed by atoms with E-state index in [2.05, 4.69) is 38.1 Å². The Hall–Kier alpha value is -2.92. The number of H-pyrrole nitrogens is 2. The lowest BCUT2D eigenvalue weighted by atomic mass is 9.92. The molecule has 0 fully saturated rings. The van der Waals surface area contributed by atoms with Gasteiger partial charge in [-0.25, -0.2) is 9.37 Å². The van der Waals surface area contributed by atoms with Crippen molar-refractivity contribution in [1.82, 2.24) is 19.9 Å². The second kappa shape index (κ2) is 6.11. The first kappa shape index (κ1) is 15.3. The largest absolute Gasteiger partial charge is 0.357 e. The van der Waals surface area contributed by atoms with Crippen molar-refractivity contribution in [3.8, 4) is 0 Å². The summed E-state index contributed by atoms with van der Waals surface area (Å²) in [5, 5.41) is 1.24. The molecule has 3 heterocycles. The van der Waals surface area contributed by atoms with Gasteiger partial charge in [-0.05, 0) is 24.1 Å². The molecular weight excluding hydrogens is 327 g/mol. The van der Waals surface area contributed by atoms with Gasteiger partial charge in [0.2, 0.25) is 0 Å². The van der Waals surface area contributed by atoms with Crippen LogP contribution in [0.1, 0.15) is 28.7 Å². The predicted molar refractivity (Wildman–Crippen MR) is 99.2 cm³/mol. The third-order valence-electron chi connectivity index (χ3n) is 5.24. The number of imidazole rings is 1. The van der Waals surface area contributed by atoms with E-state index in [4.69, 9.17) is 0 Å². The highest BCUT2D eigenvalue weighted by atomic mass is 19.1. The molecule has 4 nitrogen and oxygen atoms in total. The lowest BCUT2D eigenvalue weighted by Gasteiger charge is -2.35. The van der Waals surface area contributed by atoms with Crippen molar-refractivity contribution < 1.29 is 4.39 Å². The molecule has 2 aromatic heterocycles. The van der Waals surface area contributed by atoms with E-state index in [1.165, 1.54) is 17.0 Å². The minimum absolute atomic E-state index is 0.155. The van der Waals surface area contributed by atoms with Crippen molar-refractivity contribution in [2.24, 2.45) is 0 Å². The Morgan fingerprint density at radius 2 is 1.96 bits per heavy atom. The average molecular weight is 346 g/mol. The van der Waals surface area contributed by atoms with Crippen LogP contribution in [0, 0.1) is 5.82 Å². The molecule has 0 unspecified atom stereocenters. The highest BCUT2D eigenvalue weighted by Crippen LogP contribution is 2.39. The Kier molecular flexibility index (Phi) is 3.60. The normalized spacial score (nSPS) is 17.5. The topological polar surface area (TPSA) is 47.7 Å². The Morgan fingerprint density at radius 1 is 1.12 bits per heavy atom. The number of fused-ring (bicyclic) bond motifs is 3. The summed E-state index contributed by atoms with van der Waals surface area (Å²) in [6, 6.07) is 15.2. The zero-order valence-electron chi connectivity index (χ0n) is 14.2. The van der Waals surface area contributed by atoms with E-state index in [0.29, 0.717) is 12.1 Å². The van der Waals surface area contributed by atoms with Gasteiger partial charge in [-0.2, -0.15) is 0 Å². The fourth-order valence-electron chi connectivity index (χ4n) is 4.09. The first-order valence-corrected chi connectivity index (χ1v) is 8.87. The van der Waals surface area contributed by atoms with Crippen molar-refractivity contribution >= 4 is 10.9 Å². The molecule has 2 aromatic carbocycles. The number of hydrogen-bond acceptors (Lipinski definition) is 2. The molecule has 4 aromatic rings. The molecule has 0 radical (unpaired) electrons. The van der Waals surface area contributed by atoms with Gasteiger partial charge in [0, 0.05) is 41.1 Å². The fourth-order valence-corrected chi connectivity index (χ4v) is 4.09. The maximum Gasteiger partial charge on any atom is 0.128 e. The SMILES string of the molecule is Fc1ccccc1[C@H]1c2[nH]c3ccccc3c2CCN1Cc1ncc[nH]1. The van der Waals surface area contributed by atoms with E-state index in [1.54, 1.807) is 12.3 Å². The Labute approximate surface area is 150 Å². The molecule has 130 valence electrons. The van der Waals surface area contributed by atoms with E-state index in [0.717, 1.165) is 30.0 Å². The second-order valence-electron chi connectivity index (χ2n) is 6.74. The molecule has 0 saturated heterocycles. The van der Waals surface area contributed by atoms with Gasteiger partial charge in [0.15, 0.2) is 0 Å². The predicted octanol–water partition coefficient (Wildman–Crippen LogP) is 4.18. The van der Waals surface area contributed by atoms with E-state index >= 15 is 0 Å². The van der Waals surface area contributed by atoms with Gasteiger partial charge < -0.3 is 9.97 Å².